The van der Waals surface area contributed by atoms with Crippen molar-refractivity contribution in [2.75, 3.05) is 60.0 Å². The Balaban J connectivity index is -0.000000220. The minimum Gasteiger partial charge on any atom is -0.550 e. The van der Waals surface area contributed by atoms with E-state index in [0.717, 1.165) is 6.08 Å². The summed E-state index contributed by atoms with van der Waals surface area (Å²) < 4.78 is 9.29. The number of methoxy groups -OCH3 is 1. The number of rotatable bonds is 14. The second-order valence-corrected chi connectivity index (χ2v) is 6.61. The first kappa shape index (κ1) is 38.6. The fraction of sp³-hybridized carbons (Fsp3) is 0.632. The number of aliphatic carboxylic acids is 2. The van der Waals surface area contributed by atoms with Crippen molar-refractivity contribution in [3.05, 3.63) is 24.8 Å². The maximum atomic E-state index is 9.84. The summed E-state index contributed by atoms with van der Waals surface area (Å²) in [6.45, 7) is 3.06. The first-order valence-corrected chi connectivity index (χ1v) is 8.94. The Hall–Kier alpha value is -1.62. The predicted molar refractivity (Wildman–Crippen MR) is 110 cm³/mol. The van der Waals surface area contributed by atoms with Gasteiger partial charge >= 0.3 is 29.0 Å². The number of esters is 1. The Morgan fingerprint density at radius 2 is 1.18 bits per heavy atom. The van der Waals surface area contributed by atoms with E-state index in [2.05, 4.69) is 17.9 Å². The van der Waals surface area contributed by atoms with Crippen molar-refractivity contribution in [2.45, 2.75) is 6.42 Å². The van der Waals surface area contributed by atoms with E-state index < -0.39 is 80.4 Å². The van der Waals surface area contributed by atoms with Gasteiger partial charge in [0.1, 0.15) is 0 Å². The molecule has 0 atom stereocenters. The molecule has 0 saturated heterocycles. The van der Waals surface area contributed by atoms with E-state index in [1.807, 2.05) is 0 Å². The summed E-state index contributed by atoms with van der Waals surface area (Å²) >= 11 is 0. The zero-order chi connectivity index (χ0) is 25.8. The molecular weight excluding hydrogens is 461 g/mol. The van der Waals surface area contributed by atoms with Crippen molar-refractivity contribution in [3.63, 3.8) is 0 Å². The standard InChI is InChI=1S/C10H22O7.C5H6O4.C4H6O2.Mg/c11-1-9(2-12,3-13)7-17-8-10(4-14,5-15)6-16;1-3(5(8)9)2-4(6)7;1-3-4(5)6-2;/h11-16H,1-8H2;1-2H2,(H,6,7)(H,8,9);3H,1H2,2H3;/q;;;+2/p-2. The summed E-state index contributed by atoms with van der Waals surface area (Å²) in [5.74, 6) is -3.42. The van der Waals surface area contributed by atoms with Crippen LogP contribution >= 0.6 is 0 Å². The normalized spacial score (nSPS) is 10.3. The van der Waals surface area contributed by atoms with Crippen molar-refractivity contribution in [3.8, 4) is 0 Å². The number of hydrogen-bond acceptors (Lipinski definition) is 13. The molecule has 0 unspecified atom stereocenters. The molecule has 0 heterocycles. The molecule has 0 aliphatic heterocycles. The number of ether oxygens (including phenoxy) is 2. The summed E-state index contributed by atoms with van der Waals surface area (Å²) in [5.41, 5.74) is -2.80. The van der Waals surface area contributed by atoms with E-state index in [1.54, 1.807) is 0 Å². The summed E-state index contributed by atoms with van der Waals surface area (Å²) in [6, 6.07) is 0. The Labute approximate surface area is 207 Å². The van der Waals surface area contributed by atoms with E-state index in [4.69, 9.17) is 35.4 Å². The first-order chi connectivity index (χ1) is 14.9. The number of carbonyl (C=O) groups excluding carboxylic acids is 3. The summed E-state index contributed by atoms with van der Waals surface area (Å²) in [6.07, 6.45) is 0.433. The topological polar surface area (TPSA) is 237 Å². The molecule has 188 valence electrons. The van der Waals surface area contributed by atoms with Crippen molar-refractivity contribution in [1.29, 1.82) is 0 Å². The molecule has 0 aliphatic rings. The van der Waals surface area contributed by atoms with Gasteiger partial charge in [0.05, 0.1) is 76.8 Å². The SMILES string of the molecule is C=C(CC(=O)[O-])C(=O)[O-].C=CC(=O)OC.OCC(CO)(CO)COCC(CO)(CO)CO.[Mg+2]. The molecule has 0 aliphatic carbocycles. The zero-order valence-electron chi connectivity index (χ0n) is 18.6. The Morgan fingerprint density at radius 3 is 1.30 bits per heavy atom. The number of hydrogen-bond donors (Lipinski definition) is 6. The quantitative estimate of drug-likeness (QED) is 0.0753. The van der Waals surface area contributed by atoms with E-state index in [9.17, 15) is 24.6 Å². The van der Waals surface area contributed by atoms with Gasteiger partial charge in [-0.15, -0.1) is 0 Å². The first-order valence-electron chi connectivity index (χ1n) is 8.94. The average molecular weight is 493 g/mol. The molecule has 6 N–H and O–H groups in total. The minimum absolute atomic E-state index is 0. The van der Waals surface area contributed by atoms with Gasteiger partial charge in [-0.2, -0.15) is 0 Å². The van der Waals surface area contributed by atoms with Crippen LogP contribution in [0.15, 0.2) is 24.8 Å². The summed E-state index contributed by atoms with van der Waals surface area (Å²) in [7, 11) is 1.31. The van der Waals surface area contributed by atoms with Gasteiger partial charge in [-0.25, -0.2) is 4.79 Å². The van der Waals surface area contributed by atoms with Crippen LogP contribution in [-0.2, 0) is 23.9 Å². The largest absolute Gasteiger partial charge is 2.00 e. The van der Waals surface area contributed by atoms with Gasteiger partial charge in [-0.05, 0) is 5.57 Å². The van der Waals surface area contributed by atoms with Crippen LogP contribution < -0.4 is 10.2 Å². The van der Waals surface area contributed by atoms with E-state index in [1.165, 1.54) is 7.11 Å². The number of carboxylic acid groups (broad SMARTS) is 2. The van der Waals surface area contributed by atoms with Gasteiger partial charge in [0.25, 0.3) is 0 Å². The minimum atomic E-state index is -1.56. The molecule has 0 amide bonds. The van der Waals surface area contributed by atoms with Gasteiger partial charge in [0.15, 0.2) is 0 Å². The third-order valence-electron chi connectivity index (χ3n) is 3.84. The van der Waals surface area contributed by atoms with Crippen molar-refractivity contribution < 1.29 is 64.7 Å². The monoisotopic (exact) mass is 492 g/mol. The summed E-state index contributed by atoms with van der Waals surface area (Å²) in [5, 5.41) is 73.6. The van der Waals surface area contributed by atoms with Crippen LogP contribution in [0.2, 0.25) is 0 Å². The Morgan fingerprint density at radius 1 is 0.848 bits per heavy atom. The maximum Gasteiger partial charge on any atom is 2.00 e. The van der Waals surface area contributed by atoms with Crippen LogP contribution in [0.1, 0.15) is 6.42 Å². The molecule has 33 heavy (non-hydrogen) atoms. The third-order valence-corrected chi connectivity index (χ3v) is 3.84. The van der Waals surface area contributed by atoms with Crippen LogP contribution in [0.5, 0.6) is 0 Å². The number of carbonyl (C=O) groups is 3. The molecule has 0 aromatic heterocycles. The van der Waals surface area contributed by atoms with Crippen molar-refractivity contribution in [2.24, 2.45) is 10.8 Å². The maximum absolute atomic E-state index is 9.84. The van der Waals surface area contributed by atoms with Crippen molar-refractivity contribution >= 4 is 41.0 Å². The van der Waals surface area contributed by atoms with Crippen LogP contribution in [0.25, 0.3) is 0 Å². The Kier molecular flexibility index (Phi) is 26.0. The smallest absolute Gasteiger partial charge is 0.550 e. The molecular formula is C19H32MgO13. The van der Waals surface area contributed by atoms with Gasteiger partial charge in [-0.1, -0.05) is 13.2 Å². The van der Waals surface area contributed by atoms with E-state index in [0.29, 0.717) is 0 Å². The van der Waals surface area contributed by atoms with Crippen molar-refractivity contribution in [1.82, 2.24) is 0 Å². The van der Waals surface area contributed by atoms with E-state index >= 15 is 0 Å². The molecule has 0 rings (SSSR count). The number of aliphatic hydroxyl groups is 6. The predicted octanol–water partition coefficient (Wildman–Crippen LogP) is -5.67. The van der Waals surface area contributed by atoms with Crippen LogP contribution in [0.3, 0.4) is 0 Å². The fourth-order valence-corrected chi connectivity index (χ4v) is 1.39. The molecule has 0 saturated carbocycles. The molecule has 13 nitrogen and oxygen atoms in total. The van der Waals surface area contributed by atoms with Crippen LogP contribution in [0.4, 0.5) is 0 Å². The molecule has 0 aromatic carbocycles. The second-order valence-electron chi connectivity index (χ2n) is 6.61. The van der Waals surface area contributed by atoms with Gasteiger partial charge < -0.3 is 59.9 Å². The number of aliphatic hydroxyl groups excluding tert-OH is 6. The number of carboxylic acids is 2. The van der Waals surface area contributed by atoms with Crippen LogP contribution in [0, 0.1) is 10.8 Å². The van der Waals surface area contributed by atoms with Gasteiger partial charge in [0, 0.05) is 18.5 Å². The molecule has 0 spiro atoms. The van der Waals surface area contributed by atoms with Crippen LogP contribution in [-0.4, -0.2) is 132 Å². The van der Waals surface area contributed by atoms with Gasteiger partial charge in [0.2, 0.25) is 0 Å². The second kappa shape index (κ2) is 22.2. The molecule has 14 heteroatoms. The molecule has 0 radical (unpaired) electrons. The fourth-order valence-electron chi connectivity index (χ4n) is 1.39. The molecule has 0 fully saturated rings. The molecule has 0 bridgehead atoms. The third kappa shape index (κ3) is 18.5. The van der Waals surface area contributed by atoms with E-state index in [-0.39, 0.29) is 36.3 Å². The van der Waals surface area contributed by atoms with Gasteiger partial charge in [-0.3, -0.25) is 0 Å². The Bertz CT molecular complexity index is 536. The average Bonchev–Trinajstić information content (AvgIpc) is 2.80. The summed E-state index contributed by atoms with van der Waals surface area (Å²) in [4.78, 5) is 29.2. The molecule has 0 aromatic rings. The zero-order valence-corrected chi connectivity index (χ0v) is 20.0.